The van der Waals surface area contributed by atoms with Crippen molar-refractivity contribution in [1.29, 1.82) is 0 Å². The molecule has 1 aliphatic carbocycles. The molecule has 12 bridgehead atoms. The van der Waals surface area contributed by atoms with Crippen LogP contribution >= 0.6 is 23.1 Å². The van der Waals surface area contributed by atoms with E-state index in [1.165, 1.54) is 67.2 Å². The Morgan fingerprint density at radius 2 is 0.807 bits per heavy atom. The van der Waals surface area contributed by atoms with Gasteiger partial charge in [-0.25, -0.2) is 0 Å². The number of nitrogens with zero attached hydrogens (tertiary/aromatic N) is 1. The molecular weight excluding hydrogens is 1390 g/mol. The number of aromatic nitrogens is 7. The van der Waals surface area contributed by atoms with Crippen LogP contribution in [0.25, 0.3) is 129 Å². The predicted molar refractivity (Wildman–Crippen MR) is 461 cm³/mol. The van der Waals surface area contributed by atoms with Gasteiger partial charge in [0.05, 0.1) is 80.6 Å². The number of methoxy groups -OCH3 is 3. The van der Waals surface area contributed by atoms with E-state index in [1.807, 2.05) is 109 Å². The SMILES string of the molecule is COc1cc2c3cc1[nH]c1c4cc5ccccc5[n+](C)c4c4[nH]c5ccc6cc(cc(N)c6c5)[nH]sc5c(OC)c(N)ccc5c5ccc(N)c(OC)c5s[nH]c5cc(N)c6cc(ccc6c5)[nH]c4c1[nH]c1ccc(c3c1)C2.Nc1ccc(CCc2ccc(N)cc2)cc1.Nc1ccc(Cc2ccc(N)cc2)cc1. The lowest BCUT2D eigenvalue weighted by Crippen LogP contribution is -2.30. The van der Waals surface area contributed by atoms with E-state index < -0.39 is 0 Å². The summed E-state index contributed by atoms with van der Waals surface area (Å²) in [6, 6.07) is 82.1. The Bertz CT molecular complexity index is 6710. The molecule has 0 saturated heterocycles. The molecule has 18 nitrogen and oxygen atoms in total. The number of ether oxygens (including phenoxy) is 3. The summed E-state index contributed by atoms with van der Waals surface area (Å²) < 4.78 is 29.1. The predicted octanol–water partition coefficient (Wildman–Crippen LogP) is 19.4. The monoisotopic (exact) mass is 1470 g/mol. The molecule has 0 fully saturated rings. The van der Waals surface area contributed by atoms with Crippen LogP contribution in [0.5, 0.6) is 17.2 Å². The van der Waals surface area contributed by atoms with Crippen molar-refractivity contribution in [2.75, 3.05) is 67.2 Å². The maximum absolute atomic E-state index is 7.09. The summed E-state index contributed by atoms with van der Waals surface area (Å²) in [6.07, 6.45) is 3.81. The summed E-state index contributed by atoms with van der Waals surface area (Å²) in [7, 11) is 7.09. The number of benzene rings is 14. The third-order valence-electron chi connectivity index (χ3n) is 20.2. The minimum Gasteiger partial charge on any atom is -0.495 e. The second kappa shape index (κ2) is 29.3. The van der Waals surface area contributed by atoms with E-state index >= 15 is 0 Å². The van der Waals surface area contributed by atoms with Gasteiger partial charge >= 0.3 is 0 Å². The molecule has 20 heteroatoms. The van der Waals surface area contributed by atoms with Crippen molar-refractivity contribution in [3.05, 3.63) is 276 Å². The minimum atomic E-state index is 0.484. The van der Waals surface area contributed by atoms with Gasteiger partial charge in [0.25, 0.3) is 0 Å². The van der Waals surface area contributed by atoms with Crippen molar-refractivity contribution in [3.63, 3.8) is 0 Å². The van der Waals surface area contributed by atoms with Gasteiger partial charge in [0, 0.05) is 83.7 Å². The highest BCUT2D eigenvalue weighted by atomic mass is 32.1. The molecule has 0 atom stereocenters. The second-order valence-electron chi connectivity index (χ2n) is 27.5. The van der Waals surface area contributed by atoms with Crippen LogP contribution in [0.4, 0.5) is 45.5 Å². The lowest BCUT2D eigenvalue weighted by Gasteiger charge is -2.11. The van der Waals surface area contributed by atoms with Crippen molar-refractivity contribution >= 4 is 198 Å². The number of H-pyrrole nitrogens is 6. The lowest BCUT2D eigenvalue weighted by molar-refractivity contribution is -0.616. The number of anilines is 8. The number of fused-ring (bicyclic) bond motifs is 6. The average molecular weight is 1470 g/mol. The highest BCUT2D eigenvalue weighted by Crippen LogP contribution is 2.42. The minimum absolute atomic E-state index is 0.484. The number of nitrogen functional groups attached to an aromatic ring is 8. The van der Waals surface area contributed by atoms with Gasteiger partial charge in [-0.15, -0.1) is 0 Å². The van der Waals surface area contributed by atoms with E-state index in [4.69, 9.17) is 60.1 Å². The van der Waals surface area contributed by atoms with E-state index in [1.54, 1.807) is 21.3 Å². The van der Waals surface area contributed by atoms with Crippen molar-refractivity contribution in [3.8, 4) is 17.2 Å². The van der Waals surface area contributed by atoms with E-state index in [9.17, 15) is 0 Å². The Labute approximate surface area is 634 Å². The zero-order valence-electron chi connectivity index (χ0n) is 60.5. The van der Waals surface area contributed by atoms with Gasteiger partial charge in [0.15, 0.2) is 11.5 Å². The standard InChI is InChI=1S/C62H51N11O3S2.C14H16N2.C13H14N2/c1-73-52-8-6-5-7-33(52)22-46-54-55(67-35-12-9-30-19-34-23-53(74-2)51(70-54)29-43(34)42(30)24-35)56-57(58(46)73)69-37-14-11-32-21-39(28-50(66)45(32)26-37)72-78-62-41(16-18-48(64)60(62)76-4)40-15-17-47(63)59(75-3)61(40)77-71-38-20-31-10-13-36(68-56)25-44(31)49(65)27-38;15-13-7-3-11(4-8-13)1-2-12-5-9-14(16)10-6-12;14-12-5-1-10(2-6-12)9-11-3-7-13(15)8-4-11/h5-18,20-29,67,69,71-72H,19,63-66H2,1-4H3,(H,68,70);3-10H,1-2,15-16H2;1-8H,9,14-15H2/p+1. The number of para-hydroxylation sites is 1. The molecule has 9 aromatic heterocycles. The summed E-state index contributed by atoms with van der Waals surface area (Å²) in [5.41, 5.74) is 73.2. The first-order chi connectivity index (χ1) is 53.0. The molecule has 24 rings (SSSR count). The molecule has 23 aromatic rings. The Balaban J connectivity index is 0.000000240. The molecule has 1 aliphatic rings. The van der Waals surface area contributed by atoms with E-state index in [0.717, 1.165) is 173 Å². The number of aryl methyl sites for hydroxylation is 3. The first-order valence-corrected chi connectivity index (χ1v) is 37.3. The summed E-state index contributed by atoms with van der Waals surface area (Å²) in [5, 5.41) is 9.73. The van der Waals surface area contributed by atoms with Gasteiger partial charge < -0.3 is 88.8 Å². The Morgan fingerprint density at radius 1 is 0.349 bits per heavy atom. The van der Waals surface area contributed by atoms with Crippen molar-refractivity contribution in [2.24, 2.45) is 7.05 Å². The summed E-state index contributed by atoms with van der Waals surface area (Å²) >= 11 is 2.76. The molecule has 0 spiro atoms. The van der Waals surface area contributed by atoms with Crippen LogP contribution in [-0.2, 0) is 32.7 Å². The van der Waals surface area contributed by atoms with Crippen LogP contribution < -0.4 is 64.6 Å². The zero-order chi connectivity index (χ0) is 75.1. The summed E-state index contributed by atoms with van der Waals surface area (Å²) in [4.78, 5) is 15.9. The molecule has 22 N–H and O–H groups in total. The highest BCUT2D eigenvalue weighted by Gasteiger charge is 2.23. The number of nitrogens with two attached hydrogens (primary N) is 8. The first-order valence-electron chi connectivity index (χ1n) is 35.7. The number of rotatable bonds is 8. The fraction of sp³-hybridized carbons (Fsp3) is 0.0899. The maximum Gasteiger partial charge on any atom is 0.240 e. The largest absolute Gasteiger partial charge is 0.495 e. The van der Waals surface area contributed by atoms with Gasteiger partial charge in [-0.3, -0.25) is 0 Å². The number of pyridine rings is 1. The van der Waals surface area contributed by atoms with Gasteiger partial charge in [-0.2, -0.15) is 4.57 Å². The second-order valence-corrected chi connectivity index (χ2v) is 29.1. The molecule has 0 saturated carbocycles. The van der Waals surface area contributed by atoms with Crippen LogP contribution in [-0.4, -0.2) is 50.0 Å². The molecular formula is C89H82N15O3S2+. The van der Waals surface area contributed by atoms with Crippen molar-refractivity contribution < 1.29 is 18.8 Å². The molecule has 542 valence electrons. The normalized spacial score (nSPS) is 11.5. The molecule has 0 unspecified atom stereocenters. The topological polar surface area (TPSA) is 334 Å². The van der Waals surface area contributed by atoms with Crippen LogP contribution in [0.15, 0.2) is 243 Å². The lowest BCUT2D eigenvalue weighted by atomic mass is 10.0. The number of aromatic amines is 6. The van der Waals surface area contributed by atoms with E-state index in [2.05, 4.69) is 174 Å². The molecule has 109 heavy (non-hydrogen) atoms. The smallest absolute Gasteiger partial charge is 0.240 e. The number of hydrogen-bond donors (Lipinski definition) is 14. The van der Waals surface area contributed by atoms with E-state index in [0.29, 0.717) is 34.2 Å². The maximum atomic E-state index is 7.09. The van der Waals surface area contributed by atoms with E-state index in [-0.39, 0.29) is 0 Å². The number of nitrogens with one attached hydrogen (secondary N) is 6. The quantitative estimate of drug-likeness (QED) is 0.0385. The summed E-state index contributed by atoms with van der Waals surface area (Å²) in [6.45, 7) is 0. The fourth-order valence-electron chi connectivity index (χ4n) is 14.7. The van der Waals surface area contributed by atoms with Gasteiger partial charge in [0.1, 0.15) is 18.3 Å². The Kier molecular flexibility index (Phi) is 18.7. The van der Waals surface area contributed by atoms with Crippen LogP contribution in [0, 0.1) is 0 Å². The van der Waals surface area contributed by atoms with Crippen LogP contribution in [0.2, 0.25) is 0 Å². The third kappa shape index (κ3) is 14.0. The summed E-state index contributed by atoms with van der Waals surface area (Å²) in [5.74, 6) is 1.79. The molecule has 9 heterocycles. The average Bonchev–Trinajstić information content (AvgIpc) is 1.35. The molecule has 0 amide bonds. The zero-order valence-corrected chi connectivity index (χ0v) is 62.2. The van der Waals surface area contributed by atoms with Gasteiger partial charge in [-0.1, -0.05) is 114 Å². The van der Waals surface area contributed by atoms with Gasteiger partial charge in [-0.05, 0) is 226 Å². The Morgan fingerprint density at radius 3 is 1.31 bits per heavy atom. The molecule has 14 aromatic carbocycles. The van der Waals surface area contributed by atoms with Crippen LogP contribution in [0.1, 0.15) is 33.4 Å². The molecule has 0 aliphatic heterocycles. The van der Waals surface area contributed by atoms with Crippen LogP contribution in [0.3, 0.4) is 0 Å². The van der Waals surface area contributed by atoms with Crippen molar-refractivity contribution in [1.82, 2.24) is 28.7 Å². The van der Waals surface area contributed by atoms with Crippen molar-refractivity contribution in [2.45, 2.75) is 25.7 Å². The molecule has 0 radical (unpaired) electrons. The highest BCUT2D eigenvalue weighted by molar-refractivity contribution is 7.14. The number of hydrogen-bond acceptors (Lipinski definition) is 13. The van der Waals surface area contributed by atoms with Gasteiger partial charge in [0.2, 0.25) is 11.0 Å². The Hall–Kier alpha value is -13.7. The third-order valence-corrected chi connectivity index (χ3v) is 22.1. The first kappa shape index (κ1) is 69.7. The fourth-order valence-corrected chi connectivity index (χ4v) is 16.5.